The molecular weight excluding hydrogens is 174 g/mol. The highest BCUT2D eigenvalue weighted by atomic mass is 16.5. The Morgan fingerprint density at radius 1 is 1.43 bits per heavy atom. The molecular formula is C12H25NO. The van der Waals surface area contributed by atoms with E-state index in [-0.39, 0.29) is 5.60 Å². The second-order valence-corrected chi connectivity index (χ2v) is 5.74. The molecule has 2 heteroatoms. The summed E-state index contributed by atoms with van der Waals surface area (Å²) in [5.41, 5.74) is 0.377. The van der Waals surface area contributed by atoms with Gasteiger partial charge in [-0.25, -0.2) is 0 Å². The molecule has 14 heavy (non-hydrogen) atoms. The van der Waals surface area contributed by atoms with Crippen LogP contribution >= 0.6 is 0 Å². The van der Waals surface area contributed by atoms with Gasteiger partial charge in [-0.1, -0.05) is 27.7 Å². The van der Waals surface area contributed by atoms with Gasteiger partial charge in [0, 0.05) is 19.2 Å². The van der Waals surface area contributed by atoms with Crippen molar-refractivity contribution in [3.05, 3.63) is 0 Å². The number of nitrogens with one attached hydrogen (secondary N) is 1. The highest BCUT2D eigenvalue weighted by molar-refractivity contribution is 4.87. The zero-order valence-electron chi connectivity index (χ0n) is 10.3. The summed E-state index contributed by atoms with van der Waals surface area (Å²) in [7, 11) is 0. The van der Waals surface area contributed by atoms with E-state index in [1.165, 1.54) is 0 Å². The van der Waals surface area contributed by atoms with Crippen LogP contribution in [0.2, 0.25) is 0 Å². The Bertz CT molecular complexity index is 185. The molecule has 0 saturated carbocycles. The molecule has 0 spiro atoms. The van der Waals surface area contributed by atoms with Gasteiger partial charge in [-0.05, 0) is 25.2 Å². The minimum atomic E-state index is 0.0417. The van der Waals surface area contributed by atoms with Gasteiger partial charge in [-0.2, -0.15) is 0 Å². The highest BCUT2D eigenvalue weighted by Gasteiger charge is 2.32. The minimum absolute atomic E-state index is 0.0417. The third-order valence-corrected chi connectivity index (χ3v) is 3.37. The van der Waals surface area contributed by atoms with E-state index in [9.17, 15) is 0 Å². The zero-order chi connectivity index (χ0) is 10.8. The Labute approximate surface area is 88.4 Å². The van der Waals surface area contributed by atoms with Crippen molar-refractivity contribution < 1.29 is 4.74 Å². The quantitative estimate of drug-likeness (QED) is 0.701. The molecule has 0 radical (unpaired) electrons. The lowest BCUT2D eigenvalue weighted by atomic mass is 9.85. The van der Waals surface area contributed by atoms with Gasteiger partial charge in [-0.15, -0.1) is 0 Å². The zero-order valence-corrected chi connectivity index (χ0v) is 10.3. The molecule has 0 aromatic carbocycles. The van der Waals surface area contributed by atoms with Crippen molar-refractivity contribution >= 4 is 0 Å². The van der Waals surface area contributed by atoms with Crippen LogP contribution in [-0.4, -0.2) is 24.8 Å². The van der Waals surface area contributed by atoms with Gasteiger partial charge in [0.25, 0.3) is 0 Å². The highest BCUT2D eigenvalue weighted by Crippen LogP contribution is 2.26. The van der Waals surface area contributed by atoms with Crippen molar-refractivity contribution in [1.82, 2.24) is 5.32 Å². The van der Waals surface area contributed by atoms with Gasteiger partial charge in [-0.3, -0.25) is 0 Å². The smallest absolute Gasteiger partial charge is 0.0775 e. The second kappa shape index (κ2) is 4.19. The Morgan fingerprint density at radius 3 is 2.57 bits per heavy atom. The largest absolute Gasteiger partial charge is 0.374 e. The van der Waals surface area contributed by atoms with Crippen molar-refractivity contribution in [2.75, 3.05) is 13.2 Å². The van der Waals surface area contributed by atoms with Gasteiger partial charge >= 0.3 is 0 Å². The molecule has 0 amide bonds. The van der Waals surface area contributed by atoms with Crippen LogP contribution in [0, 0.1) is 5.41 Å². The summed E-state index contributed by atoms with van der Waals surface area (Å²) >= 11 is 0. The first-order valence-electron chi connectivity index (χ1n) is 5.75. The Morgan fingerprint density at radius 2 is 2.07 bits per heavy atom. The molecule has 1 heterocycles. The van der Waals surface area contributed by atoms with Crippen molar-refractivity contribution in [1.29, 1.82) is 0 Å². The number of rotatable bonds is 1. The molecule has 0 aromatic rings. The van der Waals surface area contributed by atoms with Gasteiger partial charge < -0.3 is 10.1 Å². The summed E-state index contributed by atoms with van der Waals surface area (Å²) in [6, 6.07) is 0.580. The molecule has 2 nitrogen and oxygen atoms in total. The summed E-state index contributed by atoms with van der Waals surface area (Å²) in [4.78, 5) is 0. The Balaban J connectivity index is 2.57. The normalized spacial score (nSPS) is 35.4. The SMILES string of the molecule is CCC1(C)CNC(C(C)(C)C)CCO1. The predicted molar refractivity (Wildman–Crippen MR) is 60.5 cm³/mol. The molecule has 84 valence electrons. The standard InChI is InChI=1S/C12H25NO/c1-6-12(5)9-13-10(7-8-14-12)11(2,3)4/h10,13H,6-9H2,1-5H3. The van der Waals surface area contributed by atoms with Crippen LogP contribution in [0.25, 0.3) is 0 Å². The molecule has 1 fully saturated rings. The molecule has 2 unspecified atom stereocenters. The summed E-state index contributed by atoms with van der Waals surface area (Å²) < 4.78 is 5.90. The van der Waals surface area contributed by atoms with Crippen LogP contribution in [0.15, 0.2) is 0 Å². The summed E-state index contributed by atoms with van der Waals surface area (Å²) in [6.45, 7) is 13.1. The lowest BCUT2D eigenvalue weighted by molar-refractivity contribution is -0.0215. The summed E-state index contributed by atoms with van der Waals surface area (Å²) in [5, 5.41) is 3.64. The molecule has 1 saturated heterocycles. The van der Waals surface area contributed by atoms with Gasteiger partial charge in [0.1, 0.15) is 0 Å². The number of hydrogen-bond acceptors (Lipinski definition) is 2. The van der Waals surface area contributed by atoms with Crippen LogP contribution in [0.3, 0.4) is 0 Å². The van der Waals surface area contributed by atoms with E-state index in [2.05, 4.69) is 39.9 Å². The van der Waals surface area contributed by atoms with Gasteiger partial charge in [0.2, 0.25) is 0 Å². The molecule has 1 rings (SSSR count). The molecule has 1 N–H and O–H groups in total. The van der Waals surface area contributed by atoms with E-state index < -0.39 is 0 Å². The topological polar surface area (TPSA) is 21.3 Å². The maximum atomic E-state index is 5.90. The maximum absolute atomic E-state index is 5.90. The van der Waals surface area contributed by atoms with Crippen molar-refractivity contribution in [3.63, 3.8) is 0 Å². The van der Waals surface area contributed by atoms with Crippen molar-refractivity contribution in [2.45, 2.75) is 59.1 Å². The van der Waals surface area contributed by atoms with Crippen LogP contribution in [0.4, 0.5) is 0 Å². The van der Waals surface area contributed by atoms with Crippen LogP contribution in [-0.2, 0) is 4.74 Å². The molecule has 0 aliphatic carbocycles. The minimum Gasteiger partial charge on any atom is -0.374 e. The lowest BCUT2D eigenvalue weighted by Gasteiger charge is -2.31. The fourth-order valence-electron chi connectivity index (χ4n) is 1.88. The van der Waals surface area contributed by atoms with E-state index in [0.29, 0.717) is 11.5 Å². The van der Waals surface area contributed by atoms with E-state index in [1.807, 2.05) is 0 Å². The van der Waals surface area contributed by atoms with Crippen molar-refractivity contribution in [2.24, 2.45) is 5.41 Å². The first kappa shape index (κ1) is 12.0. The molecule has 0 bridgehead atoms. The van der Waals surface area contributed by atoms with Crippen LogP contribution in [0.5, 0.6) is 0 Å². The number of hydrogen-bond donors (Lipinski definition) is 1. The van der Waals surface area contributed by atoms with E-state index in [0.717, 1.165) is 26.0 Å². The molecule has 2 atom stereocenters. The van der Waals surface area contributed by atoms with Crippen molar-refractivity contribution in [3.8, 4) is 0 Å². The molecule has 0 aromatic heterocycles. The fraction of sp³-hybridized carbons (Fsp3) is 1.00. The monoisotopic (exact) mass is 199 g/mol. The van der Waals surface area contributed by atoms with Gasteiger partial charge in [0.05, 0.1) is 5.60 Å². The van der Waals surface area contributed by atoms with E-state index in [1.54, 1.807) is 0 Å². The van der Waals surface area contributed by atoms with Crippen LogP contribution < -0.4 is 5.32 Å². The third kappa shape index (κ3) is 2.96. The maximum Gasteiger partial charge on any atom is 0.0775 e. The van der Waals surface area contributed by atoms with Gasteiger partial charge in [0.15, 0.2) is 0 Å². The lowest BCUT2D eigenvalue weighted by Crippen LogP contribution is -2.45. The fourth-order valence-corrected chi connectivity index (χ4v) is 1.88. The van der Waals surface area contributed by atoms with E-state index >= 15 is 0 Å². The summed E-state index contributed by atoms with van der Waals surface area (Å²) in [6.07, 6.45) is 2.20. The second-order valence-electron chi connectivity index (χ2n) is 5.74. The summed E-state index contributed by atoms with van der Waals surface area (Å²) in [5.74, 6) is 0. The predicted octanol–water partition coefficient (Wildman–Crippen LogP) is 2.58. The molecule has 1 aliphatic rings. The molecule has 1 aliphatic heterocycles. The average molecular weight is 199 g/mol. The first-order valence-corrected chi connectivity index (χ1v) is 5.75. The number of ether oxygens (including phenoxy) is 1. The Hall–Kier alpha value is -0.0800. The first-order chi connectivity index (χ1) is 6.37. The Kier molecular flexibility index (Phi) is 3.59. The van der Waals surface area contributed by atoms with Crippen LogP contribution in [0.1, 0.15) is 47.5 Å². The average Bonchev–Trinajstić information content (AvgIpc) is 2.27. The van der Waals surface area contributed by atoms with E-state index in [4.69, 9.17) is 4.74 Å². The third-order valence-electron chi connectivity index (χ3n) is 3.37.